The smallest absolute Gasteiger partial charge is 0.163 e. The maximum Gasteiger partial charge on any atom is 0.163 e. The molecular weight excluding hydrogens is 260 g/mol. The largest absolute Gasteiger partial charge is 0.456 e. The lowest BCUT2D eigenvalue weighted by Gasteiger charge is -2.23. The molecule has 2 rings (SSSR count). The van der Waals surface area contributed by atoms with Crippen LogP contribution in [0, 0.1) is 6.92 Å². The molecule has 0 atom stereocenters. The standard InChI is InChI=1S/C19H22O2/c1-13-10-11-18(16(12-13)19(3,4)5)21-17-9-7-6-8-15(17)14(2)20/h6-12H,1-5H3. The van der Waals surface area contributed by atoms with E-state index in [0.717, 1.165) is 11.3 Å². The minimum Gasteiger partial charge on any atom is -0.456 e. The van der Waals surface area contributed by atoms with Gasteiger partial charge in [0.25, 0.3) is 0 Å². The second-order valence-corrected chi connectivity index (χ2v) is 6.40. The fourth-order valence-electron chi connectivity index (χ4n) is 2.28. The van der Waals surface area contributed by atoms with Crippen molar-refractivity contribution in [1.82, 2.24) is 0 Å². The number of ether oxygens (including phenoxy) is 1. The highest BCUT2D eigenvalue weighted by Gasteiger charge is 2.20. The van der Waals surface area contributed by atoms with Crippen LogP contribution < -0.4 is 4.74 Å². The molecule has 0 aliphatic rings. The third kappa shape index (κ3) is 3.52. The number of para-hydroxylation sites is 1. The molecule has 0 aromatic heterocycles. The second kappa shape index (κ2) is 5.72. The van der Waals surface area contributed by atoms with Crippen molar-refractivity contribution in [3.05, 3.63) is 59.2 Å². The molecule has 0 amide bonds. The number of hydrogen-bond acceptors (Lipinski definition) is 2. The summed E-state index contributed by atoms with van der Waals surface area (Å²) >= 11 is 0. The highest BCUT2D eigenvalue weighted by Crippen LogP contribution is 2.35. The van der Waals surface area contributed by atoms with Crippen molar-refractivity contribution in [3.8, 4) is 11.5 Å². The molecule has 0 heterocycles. The lowest BCUT2D eigenvalue weighted by Crippen LogP contribution is -2.13. The molecule has 2 aromatic rings. The molecule has 0 radical (unpaired) electrons. The van der Waals surface area contributed by atoms with Crippen molar-refractivity contribution < 1.29 is 9.53 Å². The fourth-order valence-corrected chi connectivity index (χ4v) is 2.28. The molecule has 0 bridgehead atoms. The summed E-state index contributed by atoms with van der Waals surface area (Å²) in [5.74, 6) is 1.43. The van der Waals surface area contributed by atoms with Gasteiger partial charge in [0, 0.05) is 5.56 Å². The molecule has 0 aliphatic heterocycles. The van der Waals surface area contributed by atoms with Crippen LogP contribution in [-0.4, -0.2) is 5.78 Å². The Labute approximate surface area is 126 Å². The number of hydrogen-bond donors (Lipinski definition) is 0. The van der Waals surface area contributed by atoms with E-state index >= 15 is 0 Å². The lowest BCUT2D eigenvalue weighted by molar-refractivity contribution is 0.101. The molecule has 0 N–H and O–H groups in total. The van der Waals surface area contributed by atoms with Gasteiger partial charge in [0.1, 0.15) is 11.5 Å². The summed E-state index contributed by atoms with van der Waals surface area (Å²) in [7, 11) is 0. The maximum absolute atomic E-state index is 11.7. The normalized spacial score (nSPS) is 11.3. The van der Waals surface area contributed by atoms with E-state index < -0.39 is 0 Å². The highest BCUT2D eigenvalue weighted by atomic mass is 16.5. The van der Waals surface area contributed by atoms with Gasteiger partial charge >= 0.3 is 0 Å². The van der Waals surface area contributed by atoms with E-state index in [1.807, 2.05) is 30.3 Å². The van der Waals surface area contributed by atoms with Gasteiger partial charge < -0.3 is 4.74 Å². The van der Waals surface area contributed by atoms with Crippen molar-refractivity contribution >= 4 is 5.78 Å². The van der Waals surface area contributed by atoms with Gasteiger partial charge in [-0.25, -0.2) is 0 Å². The Morgan fingerprint density at radius 1 is 1.00 bits per heavy atom. The second-order valence-electron chi connectivity index (χ2n) is 6.40. The van der Waals surface area contributed by atoms with Crippen LogP contribution in [0.3, 0.4) is 0 Å². The van der Waals surface area contributed by atoms with Crippen LogP contribution in [0.25, 0.3) is 0 Å². The highest BCUT2D eigenvalue weighted by molar-refractivity contribution is 5.96. The Kier molecular flexibility index (Phi) is 4.17. The number of aryl methyl sites for hydroxylation is 1. The summed E-state index contributed by atoms with van der Waals surface area (Å²) in [4.78, 5) is 11.7. The van der Waals surface area contributed by atoms with E-state index in [2.05, 4.69) is 33.8 Å². The Balaban J connectivity index is 2.48. The Bertz CT molecular complexity index is 664. The molecule has 2 heteroatoms. The van der Waals surface area contributed by atoms with Crippen LogP contribution in [0.15, 0.2) is 42.5 Å². The van der Waals surface area contributed by atoms with Crippen LogP contribution in [0.5, 0.6) is 11.5 Å². The van der Waals surface area contributed by atoms with Crippen molar-refractivity contribution in [2.24, 2.45) is 0 Å². The first kappa shape index (κ1) is 15.3. The Morgan fingerprint density at radius 3 is 2.29 bits per heavy atom. The van der Waals surface area contributed by atoms with E-state index in [9.17, 15) is 4.79 Å². The number of carbonyl (C=O) groups is 1. The number of ketones is 1. The summed E-state index contributed by atoms with van der Waals surface area (Å²) < 4.78 is 6.06. The fraction of sp³-hybridized carbons (Fsp3) is 0.316. The molecule has 0 fully saturated rings. The van der Waals surface area contributed by atoms with E-state index in [1.54, 1.807) is 13.0 Å². The number of rotatable bonds is 3. The molecule has 0 unspecified atom stereocenters. The third-order valence-electron chi connectivity index (χ3n) is 3.43. The average Bonchev–Trinajstić information content (AvgIpc) is 2.40. The summed E-state index contributed by atoms with van der Waals surface area (Å²) in [6, 6.07) is 13.5. The molecule has 0 saturated heterocycles. The minimum absolute atomic E-state index is 0.00928. The van der Waals surface area contributed by atoms with Crippen molar-refractivity contribution in [3.63, 3.8) is 0 Å². The quantitative estimate of drug-likeness (QED) is 0.715. The molecular formula is C19H22O2. The van der Waals surface area contributed by atoms with Crippen molar-refractivity contribution in [2.45, 2.75) is 40.0 Å². The Hall–Kier alpha value is -2.09. The molecule has 110 valence electrons. The van der Waals surface area contributed by atoms with Crippen LogP contribution in [0.4, 0.5) is 0 Å². The summed E-state index contributed by atoms with van der Waals surface area (Å²) in [6.45, 7) is 10.1. The van der Waals surface area contributed by atoms with Gasteiger partial charge in [-0.2, -0.15) is 0 Å². The van der Waals surface area contributed by atoms with Gasteiger partial charge in [-0.05, 0) is 37.5 Å². The van der Waals surface area contributed by atoms with Crippen LogP contribution >= 0.6 is 0 Å². The molecule has 2 nitrogen and oxygen atoms in total. The van der Waals surface area contributed by atoms with Gasteiger partial charge in [0.2, 0.25) is 0 Å². The topological polar surface area (TPSA) is 26.3 Å². The molecule has 21 heavy (non-hydrogen) atoms. The lowest BCUT2D eigenvalue weighted by atomic mass is 9.85. The van der Waals surface area contributed by atoms with Crippen LogP contribution in [-0.2, 0) is 5.41 Å². The van der Waals surface area contributed by atoms with E-state index in [4.69, 9.17) is 4.74 Å². The predicted octanol–water partition coefficient (Wildman–Crippen LogP) is 5.29. The summed E-state index contributed by atoms with van der Waals surface area (Å²) in [5.41, 5.74) is 2.93. The van der Waals surface area contributed by atoms with E-state index in [1.165, 1.54) is 5.56 Å². The number of Topliss-reactive ketones (excluding diaryl/α,β-unsaturated/α-hetero) is 1. The van der Waals surface area contributed by atoms with Crippen molar-refractivity contribution in [1.29, 1.82) is 0 Å². The number of carbonyl (C=O) groups excluding carboxylic acids is 1. The van der Waals surface area contributed by atoms with Crippen LogP contribution in [0.2, 0.25) is 0 Å². The number of benzene rings is 2. The first-order valence-corrected chi connectivity index (χ1v) is 7.18. The Morgan fingerprint density at radius 2 is 1.67 bits per heavy atom. The van der Waals surface area contributed by atoms with Gasteiger partial charge in [-0.3, -0.25) is 4.79 Å². The summed E-state index contributed by atoms with van der Waals surface area (Å²) in [5, 5.41) is 0. The van der Waals surface area contributed by atoms with Crippen molar-refractivity contribution in [2.75, 3.05) is 0 Å². The maximum atomic E-state index is 11.7. The zero-order valence-electron chi connectivity index (χ0n) is 13.4. The van der Waals surface area contributed by atoms with E-state index in [0.29, 0.717) is 11.3 Å². The predicted molar refractivity (Wildman–Crippen MR) is 86.4 cm³/mol. The average molecular weight is 282 g/mol. The molecule has 0 aliphatic carbocycles. The zero-order valence-corrected chi connectivity index (χ0v) is 13.4. The minimum atomic E-state index is -0.0213. The van der Waals surface area contributed by atoms with Crippen LogP contribution in [0.1, 0.15) is 49.2 Å². The first-order chi connectivity index (χ1) is 9.79. The first-order valence-electron chi connectivity index (χ1n) is 7.18. The molecule has 0 spiro atoms. The van der Waals surface area contributed by atoms with Gasteiger partial charge in [-0.15, -0.1) is 0 Å². The van der Waals surface area contributed by atoms with E-state index in [-0.39, 0.29) is 11.2 Å². The molecule has 2 aromatic carbocycles. The van der Waals surface area contributed by atoms with Gasteiger partial charge in [0.05, 0.1) is 5.56 Å². The third-order valence-corrected chi connectivity index (χ3v) is 3.43. The summed E-state index contributed by atoms with van der Waals surface area (Å²) in [6.07, 6.45) is 0. The monoisotopic (exact) mass is 282 g/mol. The van der Waals surface area contributed by atoms with Gasteiger partial charge in [0.15, 0.2) is 5.78 Å². The zero-order chi connectivity index (χ0) is 15.6. The SMILES string of the molecule is CC(=O)c1ccccc1Oc1ccc(C)cc1C(C)(C)C. The molecule has 0 saturated carbocycles. The van der Waals surface area contributed by atoms with Gasteiger partial charge in [-0.1, -0.05) is 50.6 Å².